The van der Waals surface area contributed by atoms with Crippen LogP contribution in [0.1, 0.15) is 34.7 Å². The van der Waals surface area contributed by atoms with E-state index in [9.17, 15) is 4.79 Å². The Hall–Kier alpha value is -1.17. The summed E-state index contributed by atoms with van der Waals surface area (Å²) in [5.41, 5.74) is 2.82. The second-order valence-corrected chi connectivity index (χ2v) is 5.73. The molecule has 0 N–H and O–H groups in total. The summed E-state index contributed by atoms with van der Waals surface area (Å²) in [5.74, 6) is 0.369. The van der Waals surface area contributed by atoms with E-state index in [0.29, 0.717) is 11.5 Å². The van der Waals surface area contributed by atoms with Gasteiger partial charge in [0.15, 0.2) is 0 Å². The van der Waals surface area contributed by atoms with Crippen molar-refractivity contribution in [2.75, 3.05) is 7.11 Å². The third kappa shape index (κ3) is 2.09. The molecule has 1 aromatic heterocycles. The number of aromatic nitrogens is 1. The van der Waals surface area contributed by atoms with Crippen LogP contribution in [0.5, 0.6) is 0 Å². The van der Waals surface area contributed by atoms with Gasteiger partial charge in [0.2, 0.25) is 0 Å². The molecule has 2 aromatic rings. The number of hydrogen-bond donors (Lipinski definition) is 0. The standard InChI is InChI=1S/C14H12INO2/c1-18-14(17)10-4-9-5-11(8-2-3-8)7-16-13(9)12(15)6-10/h4-8H,2-3H2,1H3. The van der Waals surface area contributed by atoms with Crippen molar-refractivity contribution in [1.29, 1.82) is 0 Å². The normalized spacial score (nSPS) is 14.8. The van der Waals surface area contributed by atoms with E-state index < -0.39 is 0 Å². The van der Waals surface area contributed by atoms with Crippen LogP contribution in [0.4, 0.5) is 0 Å². The SMILES string of the molecule is COC(=O)c1cc(I)c2ncc(C3CC3)cc2c1. The quantitative estimate of drug-likeness (QED) is 0.613. The van der Waals surface area contributed by atoms with Gasteiger partial charge in [0, 0.05) is 15.2 Å². The predicted molar refractivity (Wildman–Crippen MR) is 77.8 cm³/mol. The molecular formula is C14H12INO2. The van der Waals surface area contributed by atoms with Gasteiger partial charge in [-0.15, -0.1) is 0 Å². The Balaban J connectivity index is 2.16. The lowest BCUT2D eigenvalue weighted by Crippen LogP contribution is -2.02. The van der Waals surface area contributed by atoms with E-state index in [2.05, 4.69) is 33.6 Å². The van der Waals surface area contributed by atoms with Crippen molar-refractivity contribution >= 4 is 39.5 Å². The highest BCUT2D eigenvalue weighted by atomic mass is 127. The summed E-state index contributed by atoms with van der Waals surface area (Å²) in [4.78, 5) is 16.1. The Morgan fingerprint density at radius 1 is 1.39 bits per heavy atom. The van der Waals surface area contributed by atoms with Crippen LogP contribution in [0, 0.1) is 3.57 Å². The zero-order chi connectivity index (χ0) is 12.7. The maximum Gasteiger partial charge on any atom is 0.337 e. The molecule has 1 aromatic carbocycles. The van der Waals surface area contributed by atoms with Gasteiger partial charge >= 0.3 is 5.97 Å². The molecule has 0 unspecified atom stereocenters. The van der Waals surface area contributed by atoms with E-state index in [1.54, 1.807) is 0 Å². The van der Waals surface area contributed by atoms with Gasteiger partial charge in [-0.3, -0.25) is 4.98 Å². The molecule has 0 bridgehead atoms. The van der Waals surface area contributed by atoms with E-state index in [1.807, 2.05) is 18.3 Å². The average molecular weight is 353 g/mol. The number of fused-ring (bicyclic) bond motifs is 1. The first kappa shape index (κ1) is 11.9. The number of ether oxygens (including phenoxy) is 1. The fourth-order valence-electron chi connectivity index (χ4n) is 2.10. The summed E-state index contributed by atoms with van der Waals surface area (Å²) in [6.07, 6.45) is 4.46. The fraction of sp³-hybridized carbons (Fsp3) is 0.286. The van der Waals surface area contributed by atoms with Crippen LogP contribution in [0.15, 0.2) is 24.4 Å². The minimum Gasteiger partial charge on any atom is -0.465 e. The number of methoxy groups -OCH3 is 1. The number of nitrogens with zero attached hydrogens (tertiary/aromatic N) is 1. The highest BCUT2D eigenvalue weighted by Gasteiger charge is 2.24. The largest absolute Gasteiger partial charge is 0.465 e. The van der Waals surface area contributed by atoms with Crippen molar-refractivity contribution in [3.05, 3.63) is 39.1 Å². The number of benzene rings is 1. The first-order chi connectivity index (χ1) is 8.69. The Kier molecular flexibility index (Phi) is 2.97. The molecule has 4 heteroatoms. The molecule has 0 amide bonds. The summed E-state index contributed by atoms with van der Waals surface area (Å²) in [6, 6.07) is 5.83. The van der Waals surface area contributed by atoms with Gasteiger partial charge in [-0.2, -0.15) is 0 Å². The molecule has 0 saturated heterocycles. The molecular weight excluding hydrogens is 341 g/mol. The monoisotopic (exact) mass is 353 g/mol. The van der Waals surface area contributed by atoms with Crippen molar-refractivity contribution in [2.45, 2.75) is 18.8 Å². The Morgan fingerprint density at radius 2 is 2.17 bits per heavy atom. The minimum atomic E-state index is -0.299. The summed E-state index contributed by atoms with van der Waals surface area (Å²) in [7, 11) is 1.40. The van der Waals surface area contributed by atoms with Crippen molar-refractivity contribution in [1.82, 2.24) is 4.98 Å². The Bertz CT molecular complexity index is 635. The van der Waals surface area contributed by atoms with Crippen molar-refractivity contribution in [3.8, 4) is 0 Å². The molecule has 18 heavy (non-hydrogen) atoms. The molecule has 1 aliphatic rings. The number of esters is 1. The van der Waals surface area contributed by atoms with E-state index in [-0.39, 0.29) is 5.97 Å². The number of halogens is 1. The van der Waals surface area contributed by atoms with Gasteiger partial charge < -0.3 is 4.74 Å². The molecule has 0 spiro atoms. The number of rotatable bonds is 2. The molecule has 3 nitrogen and oxygen atoms in total. The van der Waals surface area contributed by atoms with E-state index in [0.717, 1.165) is 14.5 Å². The second-order valence-electron chi connectivity index (χ2n) is 4.56. The van der Waals surface area contributed by atoms with E-state index in [4.69, 9.17) is 4.74 Å². The minimum absolute atomic E-state index is 0.299. The number of pyridine rings is 1. The molecule has 1 heterocycles. The zero-order valence-corrected chi connectivity index (χ0v) is 12.1. The lowest BCUT2D eigenvalue weighted by atomic mass is 10.1. The Labute approximate surface area is 119 Å². The summed E-state index contributed by atoms with van der Waals surface area (Å²) in [5, 5.41) is 1.02. The average Bonchev–Trinajstić information content (AvgIpc) is 3.21. The van der Waals surface area contributed by atoms with Gasteiger partial charge in [-0.1, -0.05) is 0 Å². The van der Waals surface area contributed by atoms with Crippen LogP contribution in [0.2, 0.25) is 0 Å². The first-order valence-electron chi connectivity index (χ1n) is 5.86. The molecule has 0 atom stereocenters. The van der Waals surface area contributed by atoms with Gasteiger partial charge in [0.25, 0.3) is 0 Å². The van der Waals surface area contributed by atoms with Crippen molar-refractivity contribution < 1.29 is 9.53 Å². The zero-order valence-electron chi connectivity index (χ0n) is 9.94. The fourth-order valence-corrected chi connectivity index (χ4v) is 2.88. The number of carbonyl (C=O) groups is 1. The third-order valence-corrected chi connectivity index (χ3v) is 4.05. The van der Waals surface area contributed by atoms with E-state index >= 15 is 0 Å². The van der Waals surface area contributed by atoms with Crippen LogP contribution in [-0.4, -0.2) is 18.1 Å². The lowest BCUT2D eigenvalue weighted by molar-refractivity contribution is 0.0601. The van der Waals surface area contributed by atoms with Crippen LogP contribution in [0.3, 0.4) is 0 Å². The van der Waals surface area contributed by atoms with Gasteiger partial charge in [0.1, 0.15) is 0 Å². The molecule has 0 radical (unpaired) electrons. The molecule has 3 rings (SSSR count). The van der Waals surface area contributed by atoms with Crippen LogP contribution in [0.25, 0.3) is 10.9 Å². The van der Waals surface area contributed by atoms with Crippen molar-refractivity contribution in [2.24, 2.45) is 0 Å². The number of hydrogen-bond acceptors (Lipinski definition) is 3. The molecule has 1 aliphatic carbocycles. The molecule has 1 saturated carbocycles. The topological polar surface area (TPSA) is 39.2 Å². The molecule has 1 fully saturated rings. The third-order valence-electron chi connectivity index (χ3n) is 3.23. The maximum absolute atomic E-state index is 11.6. The van der Waals surface area contributed by atoms with Gasteiger partial charge in [-0.05, 0) is 65.1 Å². The van der Waals surface area contributed by atoms with Crippen LogP contribution in [-0.2, 0) is 4.74 Å². The van der Waals surface area contributed by atoms with Crippen LogP contribution < -0.4 is 0 Å². The van der Waals surface area contributed by atoms with Crippen molar-refractivity contribution in [3.63, 3.8) is 0 Å². The smallest absolute Gasteiger partial charge is 0.337 e. The number of carbonyl (C=O) groups excluding carboxylic acids is 1. The highest BCUT2D eigenvalue weighted by molar-refractivity contribution is 14.1. The van der Waals surface area contributed by atoms with Gasteiger partial charge in [0.05, 0.1) is 18.2 Å². The van der Waals surface area contributed by atoms with Gasteiger partial charge in [-0.25, -0.2) is 4.79 Å². The Morgan fingerprint density at radius 3 is 2.83 bits per heavy atom. The lowest BCUT2D eigenvalue weighted by Gasteiger charge is -2.06. The van der Waals surface area contributed by atoms with Crippen LogP contribution >= 0.6 is 22.6 Å². The summed E-state index contributed by atoms with van der Waals surface area (Å²) >= 11 is 2.21. The second kappa shape index (κ2) is 4.50. The summed E-state index contributed by atoms with van der Waals surface area (Å²) in [6.45, 7) is 0. The highest BCUT2D eigenvalue weighted by Crippen LogP contribution is 2.40. The maximum atomic E-state index is 11.6. The molecule has 92 valence electrons. The predicted octanol–water partition coefficient (Wildman–Crippen LogP) is 3.50. The first-order valence-corrected chi connectivity index (χ1v) is 6.94. The molecule has 0 aliphatic heterocycles. The summed E-state index contributed by atoms with van der Waals surface area (Å²) < 4.78 is 5.75. The van der Waals surface area contributed by atoms with E-state index in [1.165, 1.54) is 25.5 Å².